The van der Waals surface area contributed by atoms with E-state index in [9.17, 15) is 14.9 Å². The first-order chi connectivity index (χ1) is 8.95. The van der Waals surface area contributed by atoms with E-state index >= 15 is 0 Å². The number of aryl methyl sites for hydroxylation is 2. The molecular weight excluding hydrogens is 248 g/mol. The molecule has 0 atom stereocenters. The summed E-state index contributed by atoms with van der Waals surface area (Å²) >= 11 is 0. The van der Waals surface area contributed by atoms with E-state index in [-0.39, 0.29) is 18.2 Å². The Balaban J connectivity index is 2.80. The maximum atomic E-state index is 11.6. The number of unbranched alkanes of at least 4 members (excludes halogenated alkanes) is 1. The number of nitro benzene ring substituents is 1. The van der Waals surface area contributed by atoms with E-state index in [0.717, 1.165) is 5.56 Å². The number of nitro groups is 1. The lowest BCUT2D eigenvalue weighted by Gasteiger charge is -2.09. The molecule has 0 radical (unpaired) electrons. The SMILES string of the molecule is Cc1cc(C)c([N+](=O)[O-])cc1NC(=O)CCCCO. The Morgan fingerprint density at radius 3 is 2.58 bits per heavy atom. The Morgan fingerprint density at radius 1 is 1.32 bits per heavy atom. The molecule has 0 aromatic heterocycles. The van der Waals surface area contributed by atoms with E-state index < -0.39 is 4.92 Å². The van der Waals surface area contributed by atoms with E-state index in [1.54, 1.807) is 19.9 Å². The van der Waals surface area contributed by atoms with Crippen LogP contribution in [0.1, 0.15) is 30.4 Å². The molecule has 6 heteroatoms. The third kappa shape index (κ3) is 4.33. The zero-order chi connectivity index (χ0) is 14.4. The van der Waals surface area contributed by atoms with Gasteiger partial charge < -0.3 is 10.4 Å². The van der Waals surface area contributed by atoms with Crippen molar-refractivity contribution in [1.82, 2.24) is 0 Å². The second kappa shape index (κ2) is 6.84. The van der Waals surface area contributed by atoms with Gasteiger partial charge in [-0.1, -0.05) is 0 Å². The van der Waals surface area contributed by atoms with Crippen molar-refractivity contribution in [3.05, 3.63) is 33.4 Å². The number of benzene rings is 1. The van der Waals surface area contributed by atoms with Gasteiger partial charge in [0.05, 0.1) is 10.6 Å². The average Bonchev–Trinajstić information content (AvgIpc) is 2.32. The standard InChI is InChI=1S/C13H18N2O4/c1-9-7-10(2)12(15(18)19)8-11(9)14-13(17)5-3-4-6-16/h7-8,16H,3-6H2,1-2H3,(H,14,17). The van der Waals surface area contributed by atoms with Gasteiger partial charge >= 0.3 is 0 Å². The van der Waals surface area contributed by atoms with E-state index in [2.05, 4.69) is 5.32 Å². The van der Waals surface area contributed by atoms with Gasteiger partial charge in [-0.15, -0.1) is 0 Å². The molecule has 6 nitrogen and oxygen atoms in total. The summed E-state index contributed by atoms with van der Waals surface area (Å²) in [4.78, 5) is 22.0. The number of carbonyl (C=O) groups excluding carboxylic acids is 1. The van der Waals surface area contributed by atoms with Crippen molar-refractivity contribution in [1.29, 1.82) is 0 Å². The summed E-state index contributed by atoms with van der Waals surface area (Å²) in [6, 6.07) is 3.07. The number of anilines is 1. The zero-order valence-corrected chi connectivity index (χ0v) is 11.1. The quantitative estimate of drug-likeness (QED) is 0.469. The van der Waals surface area contributed by atoms with Crippen LogP contribution in [0.5, 0.6) is 0 Å². The fourth-order valence-electron chi connectivity index (χ4n) is 1.78. The average molecular weight is 266 g/mol. The van der Waals surface area contributed by atoms with Crippen LogP contribution >= 0.6 is 0 Å². The number of aliphatic hydroxyl groups is 1. The smallest absolute Gasteiger partial charge is 0.274 e. The third-order valence-electron chi connectivity index (χ3n) is 2.83. The normalized spacial score (nSPS) is 10.3. The molecule has 1 amide bonds. The number of rotatable bonds is 6. The van der Waals surface area contributed by atoms with Crippen LogP contribution < -0.4 is 5.32 Å². The van der Waals surface area contributed by atoms with Gasteiger partial charge in [0.1, 0.15) is 0 Å². The lowest BCUT2D eigenvalue weighted by molar-refractivity contribution is -0.385. The molecule has 19 heavy (non-hydrogen) atoms. The van der Waals surface area contributed by atoms with Crippen LogP contribution in [0.3, 0.4) is 0 Å². The monoisotopic (exact) mass is 266 g/mol. The predicted octanol–water partition coefficient (Wildman–Crippen LogP) is 2.31. The maximum absolute atomic E-state index is 11.6. The van der Waals surface area contributed by atoms with Crippen LogP contribution in [0.25, 0.3) is 0 Å². The van der Waals surface area contributed by atoms with Crippen LogP contribution in [-0.2, 0) is 4.79 Å². The molecule has 0 aliphatic carbocycles. The van der Waals surface area contributed by atoms with Crippen LogP contribution in [0.15, 0.2) is 12.1 Å². The van der Waals surface area contributed by atoms with Gasteiger partial charge in [0.15, 0.2) is 0 Å². The van der Waals surface area contributed by atoms with Crippen molar-refractivity contribution in [3.63, 3.8) is 0 Å². The highest BCUT2D eigenvalue weighted by molar-refractivity contribution is 5.92. The van der Waals surface area contributed by atoms with E-state index in [0.29, 0.717) is 30.5 Å². The summed E-state index contributed by atoms with van der Waals surface area (Å²) in [7, 11) is 0. The van der Waals surface area contributed by atoms with Gasteiger partial charge in [0, 0.05) is 24.7 Å². The minimum absolute atomic E-state index is 0.00346. The molecule has 0 aliphatic rings. The Hall–Kier alpha value is -1.95. The number of hydrogen-bond donors (Lipinski definition) is 2. The molecule has 104 valence electrons. The van der Waals surface area contributed by atoms with Crippen molar-refractivity contribution in [2.45, 2.75) is 33.1 Å². The molecule has 0 aliphatic heterocycles. The summed E-state index contributed by atoms with van der Waals surface area (Å²) < 4.78 is 0. The molecule has 0 saturated heterocycles. The second-order valence-electron chi connectivity index (χ2n) is 4.44. The van der Waals surface area contributed by atoms with Crippen molar-refractivity contribution < 1.29 is 14.8 Å². The molecule has 2 N–H and O–H groups in total. The van der Waals surface area contributed by atoms with Gasteiger partial charge in [0.2, 0.25) is 5.91 Å². The van der Waals surface area contributed by atoms with Crippen molar-refractivity contribution in [3.8, 4) is 0 Å². The number of nitrogens with one attached hydrogen (secondary N) is 1. The number of nitrogens with zero attached hydrogens (tertiary/aromatic N) is 1. The second-order valence-corrected chi connectivity index (χ2v) is 4.44. The molecule has 0 heterocycles. The molecule has 1 aromatic carbocycles. The van der Waals surface area contributed by atoms with Gasteiger partial charge in [-0.3, -0.25) is 14.9 Å². The summed E-state index contributed by atoms with van der Waals surface area (Å²) in [5.74, 6) is -0.199. The van der Waals surface area contributed by atoms with E-state index in [1.165, 1.54) is 6.07 Å². The van der Waals surface area contributed by atoms with Gasteiger partial charge in [-0.25, -0.2) is 0 Å². The molecule has 0 bridgehead atoms. The highest BCUT2D eigenvalue weighted by atomic mass is 16.6. The van der Waals surface area contributed by atoms with Crippen LogP contribution in [0.2, 0.25) is 0 Å². The highest BCUT2D eigenvalue weighted by Crippen LogP contribution is 2.26. The number of hydrogen-bond acceptors (Lipinski definition) is 4. The van der Waals surface area contributed by atoms with Crippen LogP contribution in [0, 0.1) is 24.0 Å². The lowest BCUT2D eigenvalue weighted by Crippen LogP contribution is -2.12. The molecule has 0 fully saturated rings. The van der Waals surface area contributed by atoms with Crippen molar-refractivity contribution in [2.24, 2.45) is 0 Å². The Labute approximate surface area is 111 Å². The van der Waals surface area contributed by atoms with Gasteiger partial charge in [-0.2, -0.15) is 0 Å². The molecular formula is C13H18N2O4. The van der Waals surface area contributed by atoms with Crippen LogP contribution in [0.4, 0.5) is 11.4 Å². The summed E-state index contributed by atoms with van der Waals surface area (Å²) in [5, 5.41) is 22.1. The Kier molecular flexibility index (Phi) is 5.44. The Morgan fingerprint density at radius 2 is 2.00 bits per heavy atom. The molecule has 0 spiro atoms. The van der Waals surface area contributed by atoms with Crippen molar-refractivity contribution in [2.75, 3.05) is 11.9 Å². The molecule has 0 saturated carbocycles. The number of aliphatic hydroxyl groups excluding tert-OH is 1. The first kappa shape index (κ1) is 15.1. The van der Waals surface area contributed by atoms with Gasteiger partial charge in [0.25, 0.3) is 5.69 Å². The molecule has 1 rings (SSSR count). The van der Waals surface area contributed by atoms with Crippen LogP contribution in [-0.4, -0.2) is 22.5 Å². The molecule has 1 aromatic rings. The van der Waals surface area contributed by atoms with E-state index in [4.69, 9.17) is 5.11 Å². The predicted molar refractivity (Wildman–Crippen MR) is 72.1 cm³/mol. The Bertz CT molecular complexity index is 486. The topological polar surface area (TPSA) is 92.5 Å². The fraction of sp³-hybridized carbons (Fsp3) is 0.462. The summed E-state index contributed by atoms with van der Waals surface area (Å²) in [6.45, 7) is 3.51. The first-order valence-electron chi connectivity index (χ1n) is 6.12. The minimum atomic E-state index is -0.462. The third-order valence-corrected chi connectivity index (χ3v) is 2.83. The van der Waals surface area contributed by atoms with Gasteiger partial charge in [-0.05, 0) is 38.3 Å². The minimum Gasteiger partial charge on any atom is -0.396 e. The first-order valence-corrected chi connectivity index (χ1v) is 6.12. The van der Waals surface area contributed by atoms with Crippen molar-refractivity contribution >= 4 is 17.3 Å². The lowest BCUT2D eigenvalue weighted by atomic mass is 10.1. The fourth-order valence-corrected chi connectivity index (χ4v) is 1.78. The maximum Gasteiger partial charge on any atom is 0.274 e. The number of amides is 1. The van der Waals surface area contributed by atoms with E-state index in [1.807, 2.05) is 0 Å². The largest absolute Gasteiger partial charge is 0.396 e. The zero-order valence-electron chi connectivity index (χ0n) is 11.1. The molecule has 0 unspecified atom stereocenters. The number of carbonyl (C=O) groups is 1. The highest BCUT2D eigenvalue weighted by Gasteiger charge is 2.14. The summed E-state index contributed by atoms with van der Waals surface area (Å²) in [6.07, 6.45) is 1.46. The summed E-state index contributed by atoms with van der Waals surface area (Å²) in [5.41, 5.74) is 1.82.